The lowest BCUT2D eigenvalue weighted by Gasteiger charge is -2.20. The number of hydrogen-bond donors (Lipinski definition) is 1. The van der Waals surface area contributed by atoms with Gasteiger partial charge in [-0.1, -0.05) is 18.2 Å². The van der Waals surface area contributed by atoms with Gasteiger partial charge in [-0.3, -0.25) is 4.57 Å². The summed E-state index contributed by atoms with van der Waals surface area (Å²) in [7, 11) is 0.933. The molecule has 0 atom stereocenters. The quantitative estimate of drug-likeness (QED) is 0.735. The van der Waals surface area contributed by atoms with Gasteiger partial charge in [0, 0.05) is 21.4 Å². The Bertz CT molecular complexity index is 847. The number of aromatic nitrogens is 1. The Morgan fingerprint density at radius 1 is 1.26 bits per heavy atom. The molecule has 0 saturated heterocycles. The van der Waals surface area contributed by atoms with Gasteiger partial charge in [-0.2, -0.15) is 0 Å². The van der Waals surface area contributed by atoms with E-state index in [0.29, 0.717) is 11.1 Å². The molecule has 4 nitrogen and oxygen atoms in total. The van der Waals surface area contributed by atoms with E-state index in [1.165, 1.54) is 4.57 Å². The van der Waals surface area contributed by atoms with Crippen LogP contribution in [0.2, 0.25) is 0 Å². The van der Waals surface area contributed by atoms with Crippen LogP contribution in [0.25, 0.3) is 21.3 Å². The molecule has 1 aromatic carbocycles. The molecule has 0 aliphatic heterocycles. The highest BCUT2D eigenvalue weighted by molar-refractivity contribution is 7.13. The van der Waals surface area contributed by atoms with Gasteiger partial charge in [-0.15, -0.1) is 11.3 Å². The Kier molecular flexibility index (Phi) is 4.04. The summed E-state index contributed by atoms with van der Waals surface area (Å²) in [6.45, 7) is 5.45. The SMILES string of the molecule is CC(C)(C)OC(=O)n1c([B]O)cc2c(-c3cccs3)cccc21. The average Bonchev–Trinajstić information content (AvgIpc) is 3.11. The molecule has 3 aromatic rings. The maximum absolute atomic E-state index is 12.5. The first kappa shape index (κ1) is 15.8. The molecule has 0 aliphatic rings. The largest absolute Gasteiger partial charge is 0.449 e. The molecule has 2 aromatic heterocycles. The fourth-order valence-corrected chi connectivity index (χ4v) is 3.27. The van der Waals surface area contributed by atoms with Crippen molar-refractivity contribution in [3.05, 3.63) is 41.8 Å². The first-order chi connectivity index (χ1) is 10.9. The van der Waals surface area contributed by atoms with Crippen LogP contribution in [-0.2, 0) is 4.74 Å². The molecule has 117 valence electrons. The van der Waals surface area contributed by atoms with E-state index in [2.05, 4.69) is 0 Å². The minimum atomic E-state index is -0.605. The number of carbonyl (C=O) groups excluding carboxylic acids is 1. The van der Waals surface area contributed by atoms with Gasteiger partial charge < -0.3 is 9.76 Å². The maximum atomic E-state index is 12.5. The number of ether oxygens (including phenoxy) is 1. The first-order valence-electron chi connectivity index (χ1n) is 7.30. The van der Waals surface area contributed by atoms with E-state index in [4.69, 9.17) is 4.74 Å². The molecule has 0 bridgehead atoms. The summed E-state index contributed by atoms with van der Waals surface area (Å²) in [5.41, 5.74) is 1.54. The molecule has 2 heterocycles. The van der Waals surface area contributed by atoms with Crippen LogP contribution in [0.3, 0.4) is 0 Å². The van der Waals surface area contributed by atoms with E-state index in [0.717, 1.165) is 23.3 Å². The molecular formula is C17H17BNO3S. The first-order valence-corrected chi connectivity index (χ1v) is 8.18. The van der Waals surface area contributed by atoms with E-state index < -0.39 is 11.7 Å². The van der Waals surface area contributed by atoms with Crippen LogP contribution in [0.15, 0.2) is 41.8 Å². The molecule has 6 heteroatoms. The molecule has 23 heavy (non-hydrogen) atoms. The predicted octanol–water partition coefficient (Wildman–Crippen LogP) is 3.39. The van der Waals surface area contributed by atoms with Crippen molar-refractivity contribution in [1.29, 1.82) is 0 Å². The van der Waals surface area contributed by atoms with E-state index in [1.807, 2.05) is 56.5 Å². The smallest absolute Gasteiger partial charge is 0.418 e. The van der Waals surface area contributed by atoms with Crippen molar-refractivity contribution in [2.45, 2.75) is 26.4 Å². The highest BCUT2D eigenvalue weighted by Gasteiger charge is 2.23. The van der Waals surface area contributed by atoms with E-state index in [-0.39, 0.29) is 0 Å². The fourth-order valence-electron chi connectivity index (χ4n) is 2.50. The van der Waals surface area contributed by atoms with E-state index in [9.17, 15) is 9.82 Å². The summed E-state index contributed by atoms with van der Waals surface area (Å²) < 4.78 is 6.86. The summed E-state index contributed by atoms with van der Waals surface area (Å²) in [6, 6.07) is 11.6. The van der Waals surface area contributed by atoms with Gasteiger partial charge in [-0.25, -0.2) is 4.79 Å². The van der Waals surface area contributed by atoms with Crippen LogP contribution in [0.4, 0.5) is 4.79 Å². The third kappa shape index (κ3) is 3.05. The number of hydrogen-bond acceptors (Lipinski definition) is 4. The standard InChI is InChI=1S/C17H17BNO3S/c1-17(2,3)22-16(20)19-13-7-4-6-11(14-8-5-9-23-14)12(13)10-15(19)18-21/h4-10,21H,1-3H3. The molecule has 0 unspecified atom stereocenters. The van der Waals surface area contributed by atoms with Crippen LogP contribution in [-0.4, -0.2) is 28.8 Å². The van der Waals surface area contributed by atoms with Gasteiger partial charge in [-0.05, 0) is 44.4 Å². The third-order valence-corrected chi connectivity index (χ3v) is 4.27. The zero-order valence-electron chi connectivity index (χ0n) is 13.2. The van der Waals surface area contributed by atoms with Crippen molar-refractivity contribution in [1.82, 2.24) is 4.57 Å². The Balaban J connectivity index is 2.19. The highest BCUT2D eigenvalue weighted by atomic mass is 32.1. The second-order valence-electron chi connectivity index (χ2n) is 6.23. The summed E-state index contributed by atoms with van der Waals surface area (Å²) in [4.78, 5) is 13.6. The lowest BCUT2D eigenvalue weighted by Crippen LogP contribution is -2.34. The van der Waals surface area contributed by atoms with E-state index in [1.54, 1.807) is 17.4 Å². The number of carbonyl (C=O) groups is 1. The van der Waals surface area contributed by atoms with E-state index >= 15 is 0 Å². The number of rotatable bonds is 2. The summed E-state index contributed by atoms with van der Waals surface area (Å²) >= 11 is 1.63. The second kappa shape index (κ2) is 5.87. The van der Waals surface area contributed by atoms with Crippen LogP contribution >= 0.6 is 11.3 Å². The monoisotopic (exact) mass is 326 g/mol. The number of thiophene rings is 1. The predicted molar refractivity (Wildman–Crippen MR) is 94.5 cm³/mol. The zero-order valence-corrected chi connectivity index (χ0v) is 14.1. The minimum absolute atomic E-state index is 0.401. The lowest BCUT2D eigenvalue weighted by atomic mass is 9.95. The van der Waals surface area contributed by atoms with Crippen molar-refractivity contribution in [2.75, 3.05) is 0 Å². The van der Waals surface area contributed by atoms with Crippen LogP contribution < -0.4 is 5.59 Å². The molecule has 0 saturated carbocycles. The van der Waals surface area contributed by atoms with Gasteiger partial charge in [0.05, 0.1) is 5.52 Å². The molecule has 0 amide bonds. The molecule has 0 spiro atoms. The maximum Gasteiger partial charge on any atom is 0.418 e. The van der Waals surface area contributed by atoms with Gasteiger partial charge in [0.25, 0.3) is 0 Å². The van der Waals surface area contributed by atoms with Crippen molar-refractivity contribution in [3.63, 3.8) is 0 Å². The number of nitrogens with zero attached hydrogens (tertiary/aromatic N) is 1. The Morgan fingerprint density at radius 2 is 2.04 bits per heavy atom. The van der Waals surface area contributed by atoms with Crippen molar-refractivity contribution in [2.24, 2.45) is 0 Å². The molecule has 0 fully saturated rings. The lowest BCUT2D eigenvalue weighted by molar-refractivity contribution is 0.0549. The summed E-state index contributed by atoms with van der Waals surface area (Å²) in [5, 5.41) is 12.5. The Hall–Kier alpha value is -2.05. The molecular weight excluding hydrogens is 309 g/mol. The highest BCUT2D eigenvalue weighted by Crippen LogP contribution is 2.32. The molecule has 1 radical (unpaired) electrons. The van der Waals surface area contributed by atoms with Crippen LogP contribution in [0, 0.1) is 0 Å². The number of benzene rings is 1. The summed E-state index contributed by atoms with van der Waals surface area (Å²) in [5.74, 6) is 0. The Labute approximate surface area is 139 Å². The normalized spacial score (nSPS) is 11.7. The van der Waals surface area contributed by atoms with Gasteiger partial charge in [0.1, 0.15) is 5.60 Å². The van der Waals surface area contributed by atoms with Gasteiger partial charge in [0.15, 0.2) is 0 Å². The van der Waals surface area contributed by atoms with Crippen LogP contribution in [0.1, 0.15) is 20.8 Å². The molecule has 0 aliphatic carbocycles. The third-order valence-electron chi connectivity index (χ3n) is 3.37. The van der Waals surface area contributed by atoms with Gasteiger partial charge >= 0.3 is 13.6 Å². The number of fused-ring (bicyclic) bond motifs is 1. The van der Waals surface area contributed by atoms with Crippen molar-refractivity contribution >= 4 is 41.4 Å². The fraction of sp³-hybridized carbons (Fsp3) is 0.235. The van der Waals surface area contributed by atoms with Gasteiger partial charge in [0.2, 0.25) is 0 Å². The Morgan fingerprint density at radius 3 is 2.65 bits per heavy atom. The molecule has 3 rings (SSSR count). The van der Waals surface area contributed by atoms with Crippen molar-refractivity contribution in [3.8, 4) is 10.4 Å². The van der Waals surface area contributed by atoms with Crippen LogP contribution in [0.5, 0.6) is 0 Å². The minimum Gasteiger partial charge on any atom is -0.449 e. The zero-order chi connectivity index (χ0) is 16.6. The second-order valence-corrected chi connectivity index (χ2v) is 7.18. The summed E-state index contributed by atoms with van der Waals surface area (Å²) in [6.07, 6.45) is -0.504. The average molecular weight is 326 g/mol. The topological polar surface area (TPSA) is 51.5 Å². The van der Waals surface area contributed by atoms with Crippen molar-refractivity contribution < 1.29 is 14.6 Å². The molecule has 1 N–H and O–H groups in total.